The number of nitrogens with zero attached hydrogens (tertiary/aromatic N) is 1. The van der Waals surface area contributed by atoms with Crippen LogP contribution >= 0.6 is 0 Å². The predicted molar refractivity (Wildman–Crippen MR) is 90.9 cm³/mol. The van der Waals surface area contributed by atoms with E-state index in [2.05, 4.69) is 5.32 Å². The molecule has 1 amide bonds. The van der Waals surface area contributed by atoms with Crippen LogP contribution in [-0.2, 0) is 10.0 Å². The zero-order valence-electron chi connectivity index (χ0n) is 14.1. The molecule has 0 unspecified atom stereocenters. The van der Waals surface area contributed by atoms with E-state index >= 15 is 0 Å². The third-order valence-corrected chi connectivity index (χ3v) is 6.28. The summed E-state index contributed by atoms with van der Waals surface area (Å²) in [6.07, 6.45) is 3.65. The lowest BCUT2D eigenvalue weighted by atomic mass is 10.0. The van der Waals surface area contributed by atoms with Crippen LogP contribution in [0.1, 0.15) is 56.8 Å². The first-order valence-corrected chi connectivity index (χ1v) is 9.63. The van der Waals surface area contributed by atoms with Crippen LogP contribution in [0.25, 0.3) is 0 Å². The van der Waals surface area contributed by atoms with Crippen molar-refractivity contribution in [2.75, 3.05) is 13.1 Å². The molecule has 1 N–H and O–H groups in total. The number of piperidine rings is 1. The first-order chi connectivity index (χ1) is 10.8. The highest BCUT2D eigenvalue weighted by atomic mass is 32.2. The summed E-state index contributed by atoms with van der Waals surface area (Å²) in [6, 6.07) is 6.32. The molecule has 0 aromatic heterocycles. The fourth-order valence-corrected chi connectivity index (χ4v) is 4.08. The predicted octanol–water partition coefficient (Wildman–Crippen LogP) is 2.78. The minimum atomic E-state index is -3.51. The highest BCUT2D eigenvalue weighted by Crippen LogP contribution is 2.21. The molecule has 1 aliphatic heterocycles. The molecule has 6 heteroatoms. The Morgan fingerprint density at radius 2 is 1.87 bits per heavy atom. The zero-order chi connectivity index (χ0) is 17.1. The van der Waals surface area contributed by atoms with Crippen LogP contribution in [-0.4, -0.2) is 37.3 Å². The van der Waals surface area contributed by atoms with E-state index in [1.807, 2.05) is 20.8 Å². The fraction of sp³-hybridized carbons (Fsp3) is 0.588. The van der Waals surface area contributed by atoms with Crippen molar-refractivity contribution in [1.82, 2.24) is 9.62 Å². The number of nitrogens with one attached hydrogen (secondary N) is 1. The SMILES string of the molecule is CCC(C)(C)NC(=O)c1cccc(S(=O)(=O)N2CCCCC2)c1. The van der Waals surface area contributed by atoms with E-state index < -0.39 is 10.0 Å². The van der Waals surface area contributed by atoms with E-state index in [4.69, 9.17) is 0 Å². The maximum absolute atomic E-state index is 12.7. The van der Waals surface area contributed by atoms with Gasteiger partial charge in [0.2, 0.25) is 10.0 Å². The maximum atomic E-state index is 12.7. The summed E-state index contributed by atoms with van der Waals surface area (Å²) in [5.41, 5.74) is 0.0587. The quantitative estimate of drug-likeness (QED) is 0.898. The molecular formula is C17H26N2O3S. The summed E-state index contributed by atoms with van der Waals surface area (Å²) < 4.78 is 26.9. The number of hydrogen-bond donors (Lipinski definition) is 1. The van der Waals surface area contributed by atoms with Gasteiger partial charge >= 0.3 is 0 Å². The van der Waals surface area contributed by atoms with E-state index in [1.165, 1.54) is 10.4 Å². The standard InChI is InChI=1S/C17H26N2O3S/c1-4-17(2,3)18-16(20)14-9-8-10-15(13-14)23(21,22)19-11-6-5-7-12-19/h8-10,13H,4-7,11-12H2,1-3H3,(H,18,20). The van der Waals surface area contributed by atoms with Crippen LogP contribution in [0.2, 0.25) is 0 Å². The van der Waals surface area contributed by atoms with Gasteiger partial charge in [0.25, 0.3) is 5.91 Å². The molecule has 0 saturated carbocycles. The second kappa shape index (κ2) is 7.01. The Kier molecular flexibility index (Phi) is 5.47. The first kappa shape index (κ1) is 17.9. The molecule has 1 heterocycles. The average molecular weight is 338 g/mol. The van der Waals surface area contributed by atoms with Crippen molar-refractivity contribution in [2.24, 2.45) is 0 Å². The molecule has 1 aliphatic rings. The molecule has 1 saturated heterocycles. The number of benzene rings is 1. The van der Waals surface area contributed by atoms with Gasteiger partial charge in [-0.3, -0.25) is 4.79 Å². The lowest BCUT2D eigenvalue weighted by molar-refractivity contribution is 0.0911. The van der Waals surface area contributed by atoms with Gasteiger partial charge in [0.1, 0.15) is 0 Å². The van der Waals surface area contributed by atoms with Gasteiger partial charge in [-0.05, 0) is 51.3 Å². The Labute approximate surface area is 139 Å². The summed E-state index contributed by atoms with van der Waals surface area (Å²) >= 11 is 0. The molecule has 1 fully saturated rings. The topological polar surface area (TPSA) is 66.5 Å². The van der Waals surface area contributed by atoms with Crippen LogP contribution in [0.4, 0.5) is 0 Å². The number of amides is 1. The van der Waals surface area contributed by atoms with Crippen molar-refractivity contribution in [3.05, 3.63) is 29.8 Å². The number of sulfonamides is 1. The van der Waals surface area contributed by atoms with Gasteiger partial charge in [0.15, 0.2) is 0 Å². The molecule has 0 atom stereocenters. The largest absolute Gasteiger partial charge is 0.347 e. The number of carbonyl (C=O) groups excluding carboxylic acids is 1. The molecule has 1 aromatic carbocycles. The smallest absolute Gasteiger partial charge is 0.251 e. The van der Waals surface area contributed by atoms with Crippen molar-refractivity contribution < 1.29 is 13.2 Å². The van der Waals surface area contributed by atoms with E-state index in [-0.39, 0.29) is 16.3 Å². The summed E-state index contributed by atoms with van der Waals surface area (Å²) in [6.45, 7) is 7.00. The second-order valence-corrected chi connectivity index (χ2v) is 8.62. The van der Waals surface area contributed by atoms with Gasteiger partial charge < -0.3 is 5.32 Å². The average Bonchev–Trinajstić information content (AvgIpc) is 2.55. The Balaban J connectivity index is 2.24. The fourth-order valence-electron chi connectivity index (χ4n) is 2.52. The number of hydrogen-bond acceptors (Lipinski definition) is 3. The Hall–Kier alpha value is -1.40. The normalized spacial score (nSPS) is 17.0. The molecule has 0 spiro atoms. The van der Waals surface area contributed by atoms with Gasteiger partial charge in [0, 0.05) is 24.2 Å². The van der Waals surface area contributed by atoms with E-state index in [1.54, 1.807) is 18.2 Å². The third kappa shape index (κ3) is 4.32. The lowest BCUT2D eigenvalue weighted by Gasteiger charge is -2.26. The molecular weight excluding hydrogens is 312 g/mol. The van der Waals surface area contributed by atoms with Crippen molar-refractivity contribution in [2.45, 2.75) is 56.9 Å². The molecule has 23 heavy (non-hydrogen) atoms. The maximum Gasteiger partial charge on any atom is 0.251 e. The summed E-state index contributed by atoms with van der Waals surface area (Å²) in [5, 5.41) is 2.93. The minimum absolute atomic E-state index is 0.196. The van der Waals surface area contributed by atoms with Crippen molar-refractivity contribution >= 4 is 15.9 Å². The Morgan fingerprint density at radius 3 is 2.48 bits per heavy atom. The number of rotatable bonds is 5. The van der Waals surface area contributed by atoms with Crippen molar-refractivity contribution in [3.63, 3.8) is 0 Å². The lowest BCUT2D eigenvalue weighted by Crippen LogP contribution is -2.42. The second-order valence-electron chi connectivity index (χ2n) is 6.68. The molecule has 5 nitrogen and oxygen atoms in total. The minimum Gasteiger partial charge on any atom is -0.347 e. The summed E-state index contributed by atoms with van der Waals surface area (Å²) in [5.74, 6) is -0.243. The summed E-state index contributed by atoms with van der Waals surface area (Å²) in [4.78, 5) is 12.6. The van der Waals surface area contributed by atoms with Crippen LogP contribution in [0.15, 0.2) is 29.2 Å². The van der Waals surface area contributed by atoms with Gasteiger partial charge in [-0.1, -0.05) is 19.4 Å². The van der Waals surface area contributed by atoms with E-state index in [0.29, 0.717) is 18.7 Å². The van der Waals surface area contributed by atoms with E-state index in [9.17, 15) is 13.2 Å². The third-order valence-electron chi connectivity index (χ3n) is 4.38. The molecule has 0 radical (unpaired) electrons. The number of carbonyl (C=O) groups is 1. The molecule has 1 aromatic rings. The molecule has 128 valence electrons. The van der Waals surface area contributed by atoms with Crippen molar-refractivity contribution in [1.29, 1.82) is 0 Å². The Morgan fingerprint density at radius 1 is 1.22 bits per heavy atom. The van der Waals surface area contributed by atoms with Gasteiger partial charge in [-0.2, -0.15) is 4.31 Å². The highest BCUT2D eigenvalue weighted by Gasteiger charge is 2.27. The van der Waals surface area contributed by atoms with Crippen LogP contribution in [0.3, 0.4) is 0 Å². The highest BCUT2D eigenvalue weighted by molar-refractivity contribution is 7.89. The van der Waals surface area contributed by atoms with Crippen LogP contribution in [0.5, 0.6) is 0 Å². The van der Waals surface area contributed by atoms with Gasteiger partial charge in [-0.15, -0.1) is 0 Å². The molecule has 0 aliphatic carbocycles. The summed E-state index contributed by atoms with van der Waals surface area (Å²) in [7, 11) is -3.51. The first-order valence-electron chi connectivity index (χ1n) is 8.19. The molecule has 0 bridgehead atoms. The van der Waals surface area contributed by atoms with Crippen molar-refractivity contribution in [3.8, 4) is 0 Å². The Bertz CT molecular complexity index is 662. The van der Waals surface area contributed by atoms with Gasteiger partial charge in [0.05, 0.1) is 4.90 Å². The van der Waals surface area contributed by atoms with Crippen LogP contribution in [0, 0.1) is 0 Å². The monoisotopic (exact) mass is 338 g/mol. The van der Waals surface area contributed by atoms with Gasteiger partial charge in [-0.25, -0.2) is 8.42 Å². The van der Waals surface area contributed by atoms with E-state index in [0.717, 1.165) is 25.7 Å². The molecule has 2 rings (SSSR count). The van der Waals surface area contributed by atoms with Crippen LogP contribution < -0.4 is 5.32 Å². The zero-order valence-corrected chi connectivity index (χ0v) is 14.9.